The summed E-state index contributed by atoms with van der Waals surface area (Å²) in [4.78, 5) is 30.8. The molecule has 4 aromatic rings. The van der Waals surface area contributed by atoms with E-state index in [-0.39, 0.29) is 17.7 Å². The highest BCUT2D eigenvalue weighted by atomic mass is 32.2. The molecule has 0 saturated carbocycles. The first kappa shape index (κ1) is 24.8. The molecule has 2 aliphatic heterocycles. The van der Waals surface area contributed by atoms with Crippen LogP contribution in [0.4, 0.5) is 11.4 Å². The van der Waals surface area contributed by atoms with Crippen molar-refractivity contribution in [3.05, 3.63) is 88.7 Å². The molecule has 1 saturated heterocycles. The van der Waals surface area contributed by atoms with Gasteiger partial charge >= 0.3 is 0 Å². The van der Waals surface area contributed by atoms with Crippen molar-refractivity contribution in [2.24, 2.45) is 0 Å². The zero-order valence-corrected chi connectivity index (χ0v) is 22.6. The molecule has 10 heteroatoms. The number of anilines is 2. The maximum atomic E-state index is 12.4. The van der Waals surface area contributed by atoms with E-state index >= 15 is 0 Å². The Morgan fingerprint density at radius 3 is 2.84 bits per heavy atom. The van der Waals surface area contributed by atoms with Crippen molar-refractivity contribution in [2.45, 2.75) is 38.7 Å². The Bertz CT molecular complexity index is 1510. The Morgan fingerprint density at radius 2 is 2.03 bits per heavy atom. The molecule has 0 aliphatic carbocycles. The smallest absolute Gasteiger partial charge is 0.271 e. The third-order valence-corrected chi connectivity index (χ3v) is 9.23. The van der Waals surface area contributed by atoms with E-state index in [1.807, 2.05) is 12.1 Å². The zero-order chi connectivity index (χ0) is 26.1. The summed E-state index contributed by atoms with van der Waals surface area (Å²) in [5.74, 6) is 0.501. The molecular formula is C28H27N5O3S2. The topological polar surface area (TPSA) is 92.4 Å². The number of fused-ring (bicyclic) bond motifs is 2. The highest BCUT2D eigenvalue weighted by Crippen LogP contribution is 2.52. The summed E-state index contributed by atoms with van der Waals surface area (Å²) in [5.41, 5.74) is 3.66. The number of methoxy groups -OCH3 is 1. The van der Waals surface area contributed by atoms with Crippen molar-refractivity contribution >= 4 is 34.9 Å². The standard InChI is InChI=1S/C28H27N5O3S2/c1-17(20-14-31-26(35-2)15-30-20)32-18-8-9-23-25(13-18)37-24-7-3-5-19(27(24)38-23)22-16-33(11-12-36-22)21-6-4-10-29-28(21)34/h3-10,13-15,17,22,32H,11-12,16H2,1-2H3,(H,29,34). The largest absolute Gasteiger partial charge is 0.480 e. The van der Waals surface area contributed by atoms with Crippen LogP contribution in [0.1, 0.15) is 30.3 Å². The van der Waals surface area contributed by atoms with Gasteiger partial charge in [-0.1, -0.05) is 35.7 Å². The number of aromatic nitrogens is 3. The van der Waals surface area contributed by atoms with Crippen LogP contribution in [0.5, 0.6) is 5.88 Å². The van der Waals surface area contributed by atoms with E-state index in [4.69, 9.17) is 9.47 Å². The van der Waals surface area contributed by atoms with Crippen LogP contribution in [0, 0.1) is 0 Å². The fourth-order valence-corrected chi connectivity index (χ4v) is 7.11. The minimum Gasteiger partial charge on any atom is -0.480 e. The number of hydrogen-bond acceptors (Lipinski definition) is 9. The normalized spacial score (nSPS) is 17.3. The predicted molar refractivity (Wildman–Crippen MR) is 150 cm³/mol. The first-order valence-electron chi connectivity index (χ1n) is 12.4. The average Bonchev–Trinajstić information content (AvgIpc) is 2.96. The van der Waals surface area contributed by atoms with Crippen LogP contribution in [0.2, 0.25) is 0 Å². The lowest BCUT2D eigenvalue weighted by atomic mass is 10.1. The third kappa shape index (κ3) is 4.99. The van der Waals surface area contributed by atoms with Gasteiger partial charge in [0.25, 0.3) is 5.56 Å². The van der Waals surface area contributed by atoms with Crippen molar-refractivity contribution in [3.8, 4) is 5.88 Å². The molecule has 2 atom stereocenters. The Balaban J connectivity index is 1.20. The molecule has 194 valence electrons. The average molecular weight is 546 g/mol. The third-order valence-electron chi connectivity index (χ3n) is 6.62. The fraction of sp³-hybridized carbons (Fsp3) is 0.250. The highest BCUT2D eigenvalue weighted by molar-refractivity contribution is 8.05. The van der Waals surface area contributed by atoms with Crippen molar-refractivity contribution in [3.63, 3.8) is 0 Å². The molecule has 2 aromatic heterocycles. The maximum Gasteiger partial charge on any atom is 0.271 e. The first-order valence-corrected chi connectivity index (χ1v) is 14.0. The van der Waals surface area contributed by atoms with Crippen molar-refractivity contribution in [1.29, 1.82) is 0 Å². The first-order chi connectivity index (χ1) is 18.6. The monoisotopic (exact) mass is 545 g/mol. The molecule has 0 radical (unpaired) electrons. The van der Waals surface area contributed by atoms with Crippen LogP contribution in [0.25, 0.3) is 0 Å². The van der Waals surface area contributed by atoms with Gasteiger partial charge in [-0.2, -0.15) is 0 Å². The van der Waals surface area contributed by atoms with Gasteiger partial charge in [0.2, 0.25) is 5.88 Å². The minimum absolute atomic E-state index is 0.00478. The van der Waals surface area contributed by atoms with Crippen molar-refractivity contribution in [2.75, 3.05) is 37.0 Å². The van der Waals surface area contributed by atoms with E-state index in [1.54, 1.807) is 49.2 Å². The number of pyridine rings is 1. The molecule has 2 unspecified atom stereocenters. The van der Waals surface area contributed by atoms with Crippen LogP contribution < -0.4 is 20.5 Å². The molecule has 38 heavy (non-hydrogen) atoms. The molecule has 2 aromatic carbocycles. The summed E-state index contributed by atoms with van der Waals surface area (Å²) in [6.07, 6.45) is 4.92. The van der Waals surface area contributed by atoms with Gasteiger partial charge in [0.05, 0.1) is 37.8 Å². The molecule has 6 rings (SSSR count). The molecule has 8 nitrogen and oxygen atoms in total. The molecule has 2 N–H and O–H groups in total. The Hall–Kier alpha value is -3.47. The SMILES string of the molecule is COc1cnc(C(C)Nc2ccc3c(c2)Sc2cccc(C4CN(c5ccc[nH]c5=O)CCO4)c2S3)cn1. The predicted octanol–water partition coefficient (Wildman–Crippen LogP) is 5.54. The number of rotatable bonds is 6. The zero-order valence-electron chi connectivity index (χ0n) is 21.0. The van der Waals surface area contributed by atoms with Gasteiger partial charge in [-0.15, -0.1) is 0 Å². The molecule has 0 amide bonds. The van der Waals surface area contributed by atoms with Gasteiger partial charge in [0, 0.05) is 44.6 Å². The van der Waals surface area contributed by atoms with E-state index in [9.17, 15) is 4.79 Å². The maximum absolute atomic E-state index is 12.4. The quantitative estimate of drug-likeness (QED) is 0.285. The van der Waals surface area contributed by atoms with E-state index in [2.05, 4.69) is 68.5 Å². The van der Waals surface area contributed by atoms with Crippen LogP contribution in [-0.2, 0) is 4.74 Å². The van der Waals surface area contributed by atoms with Gasteiger partial charge in [-0.3, -0.25) is 9.78 Å². The van der Waals surface area contributed by atoms with Crippen LogP contribution in [-0.4, -0.2) is 41.8 Å². The number of hydrogen-bond donors (Lipinski definition) is 2. The van der Waals surface area contributed by atoms with Crippen LogP contribution in [0.15, 0.2) is 91.5 Å². The summed E-state index contributed by atoms with van der Waals surface area (Å²) in [6, 6.07) is 16.6. The number of benzene rings is 2. The van der Waals surface area contributed by atoms with E-state index < -0.39 is 0 Å². The lowest BCUT2D eigenvalue weighted by Crippen LogP contribution is -2.41. The second-order valence-electron chi connectivity index (χ2n) is 9.08. The van der Waals surface area contributed by atoms with E-state index in [1.165, 1.54) is 19.6 Å². The van der Waals surface area contributed by atoms with E-state index in [0.717, 1.165) is 16.9 Å². The van der Waals surface area contributed by atoms with Gasteiger partial charge in [-0.25, -0.2) is 4.98 Å². The lowest BCUT2D eigenvalue weighted by molar-refractivity contribution is 0.0378. The summed E-state index contributed by atoms with van der Waals surface area (Å²) >= 11 is 3.55. The fourth-order valence-electron chi connectivity index (χ4n) is 4.66. The van der Waals surface area contributed by atoms with Gasteiger partial charge in [0.15, 0.2) is 0 Å². The molecule has 0 spiro atoms. The number of ether oxygens (including phenoxy) is 2. The Labute approximate surface area is 229 Å². The summed E-state index contributed by atoms with van der Waals surface area (Å²) in [6.45, 7) is 3.97. The molecule has 2 aliphatic rings. The van der Waals surface area contributed by atoms with E-state index in [0.29, 0.717) is 31.3 Å². The number of morpholine rings is 1. The van der Waals surface area contributed by atoms with Crippen LogP contribution in [0.3, 0.4) is 0 Å². The van der Waals surface area contributed by atoms with Gasteiger partial charge < -0.3 is 24.7 Å². The molecule has 0 bridgehead atoms. The molecular weight excluding hydrogens is 518 g/mol. The minimum atomic E-state index is -0.111. The molecule has 4 heterocycles. The van der Waals surface area contributed by atoms with Gasteiger partial charge in [0.1, 0.15) is 11.8 Å². The second kappa shape index (κ2) is 10.7. The summed E-state index contributed by atoms with van der Waals surface area (Å²) in [5, 5.41) is 3.54. The van der Waals surface area contributed by atoms with Crippen molar-refractivity contribution in [1.82, 2.24) is 15.0 Å². The Kier molecular flexibility index (Phi) is 7.01. The van der Waals surface area contributed by atoms with Gasteiger partial charge in [-0.05, 0) is 48.9 Å². The summed E-state index contributed by atoms with van der Waals surface area (Å²) < 4.78 is 11.3. The summed E-state index contributed by atoms with van der Waals surface area (Å²) in [7, 11) is 1.58. The Morgan fingerprint density at radius 1 is 1.11 bits per heavy atom. The highest BCUT2D eigenvalue weighted by Gasteiger charge is 2.29. The van der Waals surface area contributed by atoms with Crippen molar-refractivity contribution < 1.29 is 9.47 Å². The molecule has 1 fully saturated rings. The lowest BCUT2D eigenvalue weighted by Gasteiger charge is -2.35. The second-order valence-corrected chi connectivity index (χ2v) is 11.2. The number of nitrogens with zero attached hydrogens (tertiary/aromatic N) is 3. The number of aromatic amines is 1. The number of nitrogens with one attached hydrogen (secondary N) is 2. The van der Waals surface area contributed by atoms with Crippen LogP contribution >= 0.6 is 23.5 Å². The number of H-pyrrole nitrogens is 1.